The number of hydrogen-bond donors (Lipinski definition) is 3. The van der Waals surface area contributed by atoms with Crippen LogP contribution < -0.4 is 10.6 Å². The highest BCUT2D eigenvalue weighted by Gasteiger charge is 2.28. The van der Waals surface area contributed by atoms with Gasteiger partial charge in [0.05, 0.1) is 52.1 Å². The standard InChI is InChI=1S/C25H27FN6O3/c1-25(2,35)23(26)14-29-24(34)19-13-28-21(10-20(19)31-16-3-6-18(33)7-4-16)22-8-5-17-9-15(11-27)12-30-32(17)22/h5,8-10,12-13,16,23,35H,3-4,6-7,14H2,1-2H3,(H,28,31)(H,29,34)/t23-/m1/s1. The van der Waals surface area contributed by atoms with Crippen molar-refractivity contribution < 1.29 is 19.1 Å². The van der Waals surface area contributed by atoms with Crippen molar-refractivity contribution in [3.8, 4) is 17.5 Å². The van der Waals surface area contributed by atoms with E-state index in [0.29, 0.717) is 48.3 Å². The van der Waals surface area contributed by atoms with E-state index in [1.165, 1.54) is 26.2 Å². The van der Waals surface area contributed by atoms with Crippen molar-refractivity contribution in [1.82, 2.24) is 19.9 Å². The number of nitrogens with one attached hydrogen (secondary N) is 2. The third kappa shape index (κ3) is 5.46. The Morgan fingerprint density at radius 1 is 1.31 bits per heavy atom. The Labute approximate surface area is 202 Å². The summed E-state index contributed by atoms with van der Waals surface area (Å²) in [6, 6.07) is 9.16. The third-order valence-corrected chi connectivity index (χ3v) is 6.15. The number of aliphatic hydroxyl groups is 1. The molecule has 1 fully saturated rings. The summed E-state index contributed by atoms with van der Waals surface area (Å²) in [5.74, 6) is -0.304. The van der Waals surface area contributed by atoms with Crippen LogP contribution in [0.4, 0.5) is 10.1 Å². The van der Waals surface area contributed by atoms with Gasteiger partial charge in [0.25, 0.3) is 5.91 Å². The third-order valence-electron chi connectivity index (χ3n) is 6.15. The Balaban J connectivity index is 1.65. The first-order valence-electron chi connectivity index (χ1n) is 11.5. The van der Waals surface area contributed by atoms with Crippen molar-refractivity contribution >= 4 is 22.9 Å². The molecule has 1 atom stereocenters. The number of carbonyl (C=O) groups excluding carboxylic acids is 2. The molecule has 0 spiro atoms. The molecule has 0 radical (unpaired) electrons. The van der Waals surface area contributed by atoms with E-state index in [9.17, 15) is 19.1 Å². The number of halogens is 1. The first kappa shape index (κ1) is 24.3. The van der Waals surface area contributed by atoms with Gasteiger partial charge in [0.1, 0.15) is 18.0 Å². The lowest BCUT2D eigenvalue weighted by atomic mass is 9.94. The van der Waals surface area contributed by atoms with Gasteiger partial charge in [-0.05, 0) is 51.0 Å². The molecule has 1 amide bonds. The molecular formula is C25H27FN6O3. The number of pyridine rings is 1. The monoisotopic (exact) mass is 478 g/mol. The van der Waals surface area contributed by atoms with E-state index in [4.69, 9.17) is 5.26 Å². The van der Waals surface area contributed by atoms with E-state index in [0.717, 1.165) is 5.52 Å². The summed E-state index contributed by atoms with van der Waals surface area (Å²) in [6.07, 6.45) is 3.48. The van der Waals surface area contributed by atoms with Crippen LogP contribution in [0.3, 0.4) is 0 Å². The van der Waals surface area contributed by atoms with Crippen LogP contribution in [0, 0.1) is 11.3 Å². The van der Waals surface area contributed by atoms with Gasteiger partial charge in [-0.1, -0.05) is 0 Å². The van der Waals surface area contributed by atoms with Gasteiger partial charge < -0.3 is 15.7 Å². The molecule has 3 heterocycles. The predicted octanol–water partition coefficient (Wildman–Crippen LogP) is 3.03. The Kier molecular flexibility index (Phi) is 6.80. The molecule has 3 N–H and O–H groups in total. The highest BCUT2D eigenvalue weighted by molar-refractivity contribution is 6.00. The minimum atomic E-state index is -1.64. The predicted molar refractivity (Wildman–Crippen MR) is 128 cm³/mol. The zero-order valence-corrected chi connectivity index (χ0v) is 19.6. The van der Waals surface area contributed by atoms with Crippen LogP contribution in [0.15, 0.2) is 36.7 Å². The zero-order chi connectivity index (χ0) is 25.2. The van der Waals surface area contributed by atoms with Gasteiger partial charge in [0.2, 0.25) is 0 Å². The summed E-state index contributed by atoms with van der Waals surface area (Å²) < 4.78 is 15.8. The SMILES string of the molecule is CC(C)(O)[C@H](F)CNC(=O)c1cnc(-c2ccc3cc(C#N)cnn23)cc1NC1CCC(=O)CC1. The molecule has 1 aliphatic carbocycles. The number of nitriles is 1. The quantitative estimate of drug-likeness (QED) is 0.475. The van der Waals surface area contributed by atoms with E-state index < -0.39 is 17.7 Å². The highest BCUT2D eigenvalue weighted by atomic mass is 19.1. The van der Waals surface area contributed by atoms with Crippen molar-refractivity contribution in [1.29, 1.82) is 5.26 Å². The van der Waals surface area contributed by atoms with E-state index >= 15 is 0 Å². The summed E-state index contributed by atoms with van der Waals surface area (Å²) in [5, 5.41) is 29.2. The minimum absolute atomic E-state index is 0.000157. The Hall–Kier alpha value is -3.84. The lowest BCUT2D eigenvalue weighted by Crippen LogP contribution is -2.42. The number of Topliss-reactive ketones (excluding diaryl/α,β-unsaturated/α-hetero) is 1. The first-order valence-corrected chi connectivity index (χ1v) is 11.5. The average molecular weight is 479 g/mol. The topological polar surface area (TPSA) is 132 Å². The summed E-state index contributed by atoms with van der Waals surface area (Å²) in [5.41, 5.74) is 1.54. The second-order valence-electron chi connectivity index (χ2n) is 9.31. The molecule has 0 unspecified atom stereocenters. The van der Waals surface area contributed by atoms with Gasteiger partial charge in [0, 0.05) is 25.1 Å². The van der Waals surface area contributed by atoms with Gasteiger partial charge >= 0.3 is 0 Å². The molecule has 10 heteroatoms. The molecule has 0 aliphatic heterocycles. The molecule has 1 saturated carbocycles. The van der Waals surface area contributed by atoms with Crippen molar-refractivity contribution in [2.24, 2.45) is 0 Å². The largest absolute Gasteiger partial charge is 0.387 e. The maximum absolute atomic E-state index is 14.2. The second kappa shape index (κ2) is 9.80. The minimum Gasteiger partial charge on any atom is -0.387 e. The van der Waals surface area contributed by atoms with Gasteiger partial charge in [0.15, 0.2) is 0 Å². The fraction of sp³-hybridized carbons (Fsp3) is 0.400. The number of hydrogen-bond acceptors (Lipinski definition) is 7. The van der Waals surface area contributed by atoms with Crippen LogP contribution in [-0.2, 0) is 4.79 Å². The van der Waals surface area contributed by atoms with Crippen LogP contribution in [0.5, 0.6) is 0 Å². The van der Waals surface area contributed by atoms with E-state index in [2.05, 4.69) is 26.8 Å². The number of alkyl halides is 1. The Bertz CT molecular complexity index is 1300. The van der Waals surface area contributed by atoms with E-state index in [1.807, 2.05) is 12.1 Å². The van der Waals surface area contributed by atoms with Crippen LogP contribution in [0.2, 0.25) is 0 Å². The maximum atomic E-state index is 14.2. The molecule has 1 aliphatic rings. The van der Waals surface area contributed by atoms with Gasteiger partial charge in [-0.15, -0.1) is 0 Å². The molecule has 3 aromatic heterocycles. The number of aromatic nitrogens is 3. The molecule has 4 rings (SSSR count). The normalized spacial score (nSPS) is 15.6. The lowest BCUT2D eigenvalue weighted by Gasteiger charge is -2.25. The number of anilines is 1. The molecule has 0 bridgehead atoms. The first-order chi connectivity index (χ1) is 16.7. The van der Waals surface area contributed by atoms with E-state index in [-0.39, 0.29) is 23.9 Å². The number of carbonyl (C=O) groups is 2. The lowest BCUT2D eigenvalue weighted by molar-refractivity contribution is -0.120. The van der Waals surface area contributed by atoms with Crippen molar-refractivity contribution in [3.05, 3.63) is 47.8 Å². The van der Waals surface area contributed by atoms with Crippen LogP contribution >= 0.6 is 0 Å². The van der Waals surface area contributed by atoms with Crippen molar-refractivity contribution in [2.45, 2.75) is 57.3 Å². The van der Waals surface area contributed by atoms with E-state index in [1.54, 1.807) is 16.6 Å². The number of amides is 1. The Morgan fingerprint density at radius 3 is 2.74 bits per heavy atom. The molecule has 0 aromatic carbocycles. The van der Waals surface area contributed by atoms with Gasteiger partial charge in [-0.3, -0.25) is 14.6 Å². The number of fused-ring (bicyclic) bond motifs is 1. The summed E-state index contributed by atoms with van der Waals surface area (Å²) in [6.45, 7) is 2.33. The fourth-order valence-electron chi connectivity index (χ4n) is 3.98. The van der Waals surface area contributed by atoms with Gasteiger partial charge in [-0.2, -0.15) is 10.4 Å². The highest BCUT2D eigenvalue weighted by Crippen LogP contribution is 2.28. The van der Waals surface area contributed by atoms with Crippen LogP contribution in [-0.4, -0.2) is 55.8 Å². The molecule has 35 heavy (non-hydrogen) atoms. The molecular weight excluding hydrogens is 451 g/mol. The molecule has 3 aromatic rings. The van der Waals surface area contributed by atoms with Crippen LogP contribution in [0.1, 0.15) is 55.5 Å². The molecule has 182 valence electrons. The maximum Gasteiger partial charge on any atom is 0.255 e. The number of ketones is 1. The molecule has 0 saturated heterocycles. The van der Waals surface area contributed by atoms with Crippen LogP contribution in [0.25, 0.3) is 16.9 Å². The van der Waals surface area contributed by atoms with Crippen molar-refractivity contribution in [2.75, 3.05) is 11.9 Å². The second-order valence-corrected chi connectivity index (χ2v) is 9.31. The zero-order valence-electron chi connectivity index (χ0n) is 19.6. The summed E-state index contributed by atoms with van der Waals surface area (Å²) in [4.78, 5) is 29.0. The Morgan fingerprint density at radius 2 is 2.06 bits per heavy atom. The number of nitrogens with zero attached hydrogens (tertiary/aromatic N) is 4. The smallest absolute Gasteiger partial charge is 0.255 e. The van der Waals surface area contributed by atoms with Gasteiger partial charge in [-0.25, -0.2) is 8.91 Å². The van der Waals surface area contributed by atoms with Crippen molar-refractivity contribution in [3.63, 3.8) is 0 Å². The number of rotatable bonds is 7. The molecule has 9 nitrogen and oxygen atoms in total. The average Bonchev–Trinajstić information content (AvgIpc) is 3.26. The summed E-state index contributed by atoms with van der Waals surface area (Å²) >= 11 is 0. The fourth-order valence-corrected chi connectivity index (χ4v) is 3.98. The summed E-state index contributed by atoms with van der Waals surface area (Å²) in [7, 11) is 0.